The zero-order valence-electron chi connectivity index (χ0n) is 10.7. The maximum Gasteiger partial charge on any atom is 0.169 e. The molecule has 0 amide bonds. The normalized spacial score (nSPS) is 10.6. The first-order chi connectivity index (χ1) is 8.43. The summed E-state index contributed by atoms with van der Waals surface area (Å²) in [5, 5.41) is 30.0. The van der Waals surface area contributed by atoms with Crippen LogP contribution in [0.1, 0.15) is 16.7 Å². The molecule has 3 nitrogen and oxygen atoms in total. The summed E-state index contributed by atoms with van der Waals surface area (Å²) < 4.78 is 0. The topological polar surface area (TPSA) is 60.7 Å². The van der Waals surface area contributed by atoms with Gasteiger partial charge in [-0.15, -0.1) is 0 Å². The summed E-state index contributed by atoms with van der Waals surface area (Å²) in [6, 6.07) is 7.41. The van der Waals surface area contributed by atoms with E-state index in [2.05, 4.69) is 0 Å². The highest BCUT2D eigenvalue weighted by molar-refractivity contribution is 5.82. The summed E-state index contributed by atoms with van der Waals surface area (Å²) in [6.07, 6.45) is 0. The minimum absolute atomic E-state index is 0.00778. The number of rotatable bonds is 1. The van der Waals surface area contributed by atoms with E-state index in [0.29, 0.717) is 16.7 Å². The van der Waals surface area contributed by atoms with Crippen LogP contribution in [0.3, 0.4) is 0 Å². The standard InChI is InChI=1S/C15H16O3/c1-8-5-4-6-11(7-8)12-13(16)9(2)10(3)14(17)15(12)18/h4-7,16-18H,1-3H3. The van der Waals surface area contributed by atoms with Gasteiger partial charge in [0.2, 0.25) is 0 Å². The first kappa shape index (κ1) is 12.3. The van der Waals surface area contributed by atoms with Crippen LogP contribution in [-0.2, 0) is 0 Å². The van der Waals surface area contributed by atoms with Crippen LogP contribution < -0.4 is 0 Å². The molecule has 2 aromatic carbocycles. The second-order valence-corrected chi connectivity index (χ2v) is 4.54. The number of hydrogen-bond acceptors (Lipinski definition) is 3. The highest BCUT2D eigenvalue weighted by atomic mass is 16.3. The Morgan fingerprint density at radius 1 is 0.778 bits per heavy atom. The van der Waals surface area contributed by atoms with Gasteiger partial charge in [0, 0.05) is 5.56 Å². The van der Waals surface area contributed by atoms with E-state index in [9.17, 15) is 15.3 Å². The third-order valence-corrected chi connectivity index (χ3v) is 3.28. The molecule has 94 valence electrons. The summed E-state index contributed by atoms with van der Waals surface area (Å²) in [5.74, 6) is -0.448. The van der Waals surface area contributed by atoms with Gasteiger partial charge in [0.15, 0.2) is 11.5 Å². The lowest BCUT2D eigenvalue weighted by atomic mass is 9.95. The van der Waals surface area contributed by atoms with Crippen LogP contribution in [0.4, 0.5) is 0 Å². The quantitative estimate of drug-likeness (QED) is 0.532. The maximum absolute atomic E-state index is 10.2. The molecule has 0 radical (unpaired) electrons. The number of benzene rings is 2. The molecule has 0 spiro atoms. The Hall–Kier alpha value is -2.16. The van der Waals surface area contributed by atoms with Gasteiger partial charge in [-0.1, -0.05) is 29.8 Å². The van der Waals surface area contributed by atoms with Crippen molar-refractivity contribution >= 4 is 0 Å². The van der Waals surface area contributed by atoms with E-state index in [-0.39, 0.29) is 22.8 Å². The Morgan fingerprint density at radius 2 is 1.39 bits per heavy atom. The van der Waals surface area contributed by atoms with Gasteiger partial charge in [-0.2, -0.15) is 0 Å². The summed E-state index contributed by atoms with van der Waals surface area (Å²) in [6.45, 7) is 5.30. The molecule has 2 rings (SSSR count). The Balaban J connectivity index is 2.80. The molecule has 0 bridgehead atoms. The van der Waals surface area contributed by atoms with Gasteiger partial charge in [-0.3, -0.25) is 0 Å². The molecule has 0 fully saturated rings. The van der Waals surface area contributed by atoms with Crippen LogP contribution in [-0.4, -0.2) is 15.3 Å². The predicted octanol–water partition coefficient (Wildman–Crippen LogP) is 3.40. The molecule has 18 heavy (non-hydrogen) atoms. The van der Waals surface area contributed by atoms with Crippen LogP contribution in [0.25, 0.3) is 11.1 Å². The van der Waals surface area contributed by atoms with Crippen LogP contribution in [0.15, 0.2) is 24.3 Å². The minimum atomic E-state index is -0.277. The number of phenolic OH excluding ortho intramolecular Hbond substituents is 3. The average molecular weight is 244 g/mol. The Morgan fingerprint density at radius 3 is 2.00 bits per heavy atom. The zero-order chi connectivity index (χ0) is 13.4. The van der Waals surface area contributed by atoms with Gasteiger partial charge in [0.1, 0.15) is 5.75 Å². The summed E-state index contributed by atoms with van der Waals surface area (Å²) in [5.41, 5.74) is 3.04. The van der Waals surface area contributed by atoms with Gasteiger partial charge < -0.3 is 15.3 Å². The van der Waals surface area contributed by atoms with Crippen molar-refractivity contribution in [2.75, 3.05) is 0 Å². The molecule has 0 heterocycles. The van der Waals surface area contributed by atoms with Crippen LogP contribution in [0, 0.1) is 20.8 Å². The second kappa shape index (κ2) is 4.26. The minimum Gasteiger partial charge on any atom is -0.507 e. The number of aromatic hydroxyl groups is 3. The van der Waals surface area contributed by atoms with E-state index in [0.717, 1.165) is 5.56 Å². The molecule has 0 aliphatic carbocycles. The molecule has 0 unspecified atom stereocenters. The van der Waals surface area contributed by atoms with Crippen molar-refractivity contribution in [3.05, 3.63) is 41.0 Å². The molecule has 0 aliphatic heterocycles. The van der Waals surface area contributed by atoms with Crippen molar-refractivity contribution in [3.8, 4) is 28.4 Å². The van der Waals surface area contributed by atoms with E-state index in [1.165, 1.54) is 0 Å². The van der Waals surface area contributed by atoms with Crippen molar-refractivity contribution < 1.29 is 15.3 Å². The Bertz CT molecular complexity index is 586. The van der Waals surface area contributed by atoms with E-state index in [1.807, 2.05) is 25.1 Å². The van der Waals surface area contributed by atoms with Gasteiger partial charge >= 0.3 is 0 Å². The molecule has 0 aromatic heterocycles. The SMILES string of the molecule is Cc1cccc(-c2c(O)c(C)c(C)c(O)c2O)c1. The van der Waals surface area contributed by atoms with Gasteiger partial charge in [-0.05, 0) is 31.9 Å². The fourth-order valence-electron chi connectivity index (χ4n) is 2.02. The van der Waals surface area contributed by atoms with Gasteiger partial charge in [0.25, 0.3) is 0 Å². The summed E-state index contributed by atoms with van der Waals surface area (Å²) >= 11 is 0. The average Bonchev–Trinajstić information content (AvgIpc) is 2.34. The van der Waals surface area contributed by atoms with E-state index < -0.39 is 0 Å². The largest absolute Gasteiger partial charge is 0.507 e. The van der Waals surface area contributed by atoms with E-state index in [4.69, 9.17) is 0 Å². The van der Waals surface area contributed by atoms with E-state index >= 15 is 0 Å². The van der Waals surface area contributed by atoms with Crippen molar-refractivity contribution in [2.45, 2.75) is 20.8 Å². The molecular formula is C15H16O3. The Kier molecular flexibility index (Phi) is 2.91. The number of aryl methyl sites for hydroxylation is 1. The monoisotopic (exact) mass is 244 g/mol. The van der Waals surface area contributed by atoms with Crippen molar-refractivity contribution in [2.24, 2.45) is 0 Å². The number of phenols is 3. The third-order valence-electron chi connectivity index (χ3n) is 3.28. The highest BCUT2D eigenvalue weighted by Gasteiger charge is 2.19. The first-order valence-corrected chi connectivity index (χ1v) is 5.74. The van der Waals surface area contributed by atoms with Crippen molar-refractivity contribution in [3.63, 3.8) is 0 Å². The van der Waals surface area contributed by atoms with Crippen molar-refractivity contribution in [1.29, 1.82) is 0 Å². The lowest BCUT2D eigenvalue weighted by Gasteiger charge is -2.15. The number of hydrogen-bond donors (Lipinski definition) is 3. The van der Waals surface area contributed by atoms with E-state index in [1.54, 1.807) is 19.9 Å². The van der Waals surface area contributed by atoms with Crippen LogP contribution >= 0.6 is 0 Å². The van der Waals surface area contributed by atoms with Crippen molar-refractivity contribution in [1.82, 2.24) is 0 Å². The third kappa shape index (κ3) is 1.78. The molecule has 0 atom stereocenters. The molecule has 2 aromatic rings. The van der Waals surface area contributed by atoms with Crippen LogP contribution in [0.2, 0.25) is 0 Å². The lowest BCUT2D eigenvalue weighted by Crippen LogP contribution is -1.90. The molecule has 0 saturated carbocycles. The molecule has 3 heteroatoms. The summed E-state index contributed by atoms with van der Waals surface area (Å²) in [7, 11) is 0. The fraction of sp³-hybridized carbons (Fsp3) is 0.200. The molecular weight excluding hydrogens is 228 g/mol. The molecule has 3 N–H and O–H groups in total. The highest BCUT2D eigenvalue weighted by Crippen LogP contribution is 2.47. The fourth-order valence-corrected chi connectivity index (χ4v) is 2.02. The summed E-state index contributed by atoms with van der Waals surface area (Å²) in [4.78, 5) is 0. The maximum atomic E-state index is 10.2. The van der Waals surface area contributed by atoms with Gasteiger partial charge in [-0.25, -0.2) is 0 Å². The molecule has 0 aliphatic rings. The first-order valence-electron chi connectivity index (χ1n) is 5.74. The van der Waals surface area contributed by atoms with Gasteiger partial charge in [0.05, 0.1) is 5.56 Å². The Labute approximate surface area is 106 Å². The predicted molar refractivity (Wildman–Crippen MR) is 71.1 cm³/mol. The molecule has 0 saturated heterocycles. The zero-order valence-corrected chi connectivity index (χ0v) is 10.7. The second-order valence-electron chi connectivity index (χ2n) is 4.54. The van der Waals surface area contributed by atoms with Crippen LogP contribution in [0.5, 0.6) is 17.2 Å². The lowest BCUT2D eigenvalue weighted by molar-refractivity contribution is 0.394. The smallest absolute Gasteiger partial charge is 0.169 e.